The van der Waals surface area contributed by atoms with Gasteiger partial charge in [0.25, 0.3) is 0 Å². The van der Waals surface area contributed by atoms with Crippen molar-refractivity contribution in [3.63, 3.8) is 0 Å². The Morgan fingerprint density at radius 2 is 1.88 bits per heavy atom. The van der Waals surface area contributed by atoms with E-state index < -0.39 is 0 Å². The molecule has 5 nitrogen and oxygen atoms in total. The van der Waals surface area contributed by atoms with Crippen LogP contribution in [0.4, 0.5) is 0 Å². The minimum atomic E-state index is 0.149. The zero-order chi connectivity index (χ0) is 16.9. The molecule has 24 heavy (non-hydrogen) atoms. The Morgan fingerprint density at radius 3 is 2.58 bits per heavy atom. The molecule has 0 amide bonds. The molecule has 0 saturated heterocycles. The minimum Gasteiger partial charge on any atom is -0.439 e. The first kappa shape index (κ1) is 16.2. The number of aryl methyl sites for hydroxylation is 2. The predicted molar refractivity (Wildman–Crippen MR) is 94.0 cm³/mol. The highest BCUT2D eigenvalue weighted by Crippen LogP contribution is 2.27. The molecule has 2 aromatic heterocycles. The van der Waals surface area contributed by atoms with Crippen LogP contribution in [0.1, 0.15) is 29.9 Å². The lowest BCUT2D eigenvalue weighted by Gasteiger charge is -2.14. The van der Waals surface area contributed by atoms with Crippen LogP contribution in [0.25, 0.3) is 0 Å². The van der Waals surface area contributed by atoms with Crippen LogP contribution in [0.3, 0.4) is 0 Å². The molecule has 0 bridgehead atoms. The van der Waals surface area contributed by atoms with Crippen molar-refractivity contribution < 1.29 is 4.74 Å². The van der Waals surface area contributed by atoms with Crippen molar-refractivity contribution in [2.24, 2.45) is 7.05 Å². The number of hydrogen-bond donors (Lipinski definition) is 1. The molecular weight excluding hydrogens is 300 g/mol. The Bertz CT molecular complexity index is 784. The van der Waals surface area contributed by atoms with E-state index in [1.165, 1.54) is 0 Å². The molecule has 0 aliphatic heterocycles. The lowest BCUT2D eigenvalue weighted by molar-refractivity contribution is 0.421. The second-order valence-corrected chi connectivity index (χ2v) is 5.77. The van der Waals surface area contributed by atoms with E-state index in [-0.39, 0.29) is 6.04 Å². The Balaban J connectivity index is 1.76. The average molecular weight is 322 g/mol. The van der Waals surface area contributed by atoms with E-state index in [1.807, 2.05) is 68.7 Å². The number of hydrogen-bond acceptors (Lipinski definition) is 4. The van der Waals surface area contributed by atoms with Gasteiger partial charge in [-0.15, -0.1) is 0 Å². The standard InChI is InChI=1S/C19H22N4O/c1-14-17(13-21-15(2)18-11-7-8-12-20-18)19(23(3)22-14)24-16-9-5-4-6-10-16/h4-12,15,21H,13H2,1-3H3. The Kier molecular flexibility index (Phi) is 4.91. The fraction of sp³-hybridized carbons (Fsp3) is 0.263. The molecular formula is C19H22N4O. The molecule has 1 atom stereocenters. The van der Waals surface area contributed by atoms with E-state index in [0.29, 0.717) is 6.54 Å². The van der Waals surface area contributed by atoms with E-state index in [1.54, 1.807) is 4.68 Å². The molecule has 0 fully saturated rings. The largest absolute Gasteiger partial charge is 0.439 e. The lowest BCUT2D eigenvalue weighted by atomic mass is 10.2. The van der Waals surface area contributed by atoms with Crippen LogP contribution in [0, 0.1) is 6.92 Å². The third-order valence-electron chi connectivity index (χ3n) is 3.96. The first-order chi connectivity index (χ1) is 11.6. The Morgan fingerprint density at radius 1 is 1.12 bits per heavy atom. The molecule has 0 spiro atoms. The van der Waals surface area contributed by atoms with E-state index in [4.69, 9.17) is 4.74 Å². The molecule has 0 radical (unpaired) electrons. The third kappa shape index (κ3) is 3.63. The smallest absolute Gasteiger partial charge is 0.222 e. The highest BCUT2D eigenvalue weighted by atomic mass is 16.5. The zero-order valence-corrected chi connectivity index (χ0v) is 14.2. The molecule has 0 saturated carbocycles. The summed E-state index contributed by atoms with van der Waals surface area (Å²) in [5, 5.41) is 7.99. The summed E-state index contributed by atoms with van der Waals surface area (Å²) in [6, 6.07) is 15.9. The third-order valence-corrected chi connectivity index (χ3v) is 3.96. The highest BCUT2D eigenvalue weighted by Gasteiger charge is 2.16. The van der Waals surface area contributed by atoms with Crippen molar-refractivity contribution in [2.75, 3.05) is 0 Å². The Labute approximate surface area is 142 Å². The maximum atomic E-state index is 6.04. The summed E-state index contributed by atoms with van der Waals surface area (Å²) in [5.74, 6) is 1.57. The van der Waals surface area contributed by atoms with Crippen LogP contribution in [-0.2, 0) is 13.6 Å². The summed E-state index contributed by atoms with van der Waals surface area (Å²) >= 11 is 0. The number of para-hydroxylation sites is 1. The summed E-state index contributed by atoms with van der Waals surface area (Å²) < 4.78 is 7.83. The van der Waals surface area contributed by atoms with Crippen molar-refractivity contribution in [1.29, 1.82) is 0 Å². The van der Waals surface area contributed by atoms with Crippen molar-refractivity contribution in [3.8, 4) is 11.6 Å². The van der Waals surface area contributed by atoms with Gasteiger partial charge >= 0.3 is 0 Å². The molecule has 2 heterocycles. The number of nitrogens with zero attached hydrogens (tertiary/aromatic N) is 3. The fourth-order valence-electron chi connectivity index (χ4n) is 2.60. The molecule has 0 aliphatic rings. The van der Waals surface area contributed by atoms with Crippen molar-refractivity contribution in [3.05, 3.63) is 71.7 Å². The number of ether oxygens (including phenoxy) is 1. The molecule has 1 aromatic carbocycles. The molecule has 1 N–H and O–H groups in total. The quantitative estimate of drug-likeness (QED) is 0.750. The van der Waals surface area contributed by atoms with E-state index >= 15 is 0 Å². The lowest BCUT2D eigenvalue weighted by Crippen LogP contribution is -2.19. The van der Waals surface area contributed by atoms with Crippen LogP contribution >= 0.6 is 0 Å². The second kappa shape index (κ2) is 7.27. The van der Waals surface area contributed by atoms with Gasteiger partial charge in [0.05, 0.1) is 17.0 Å². The molecule has 5 heteroatoms. The van der Waals surface area contributed by atoms with E-state index in [2.05, 4.69) is 22.3 Å². The summed E-state index contributed by atoms with van der Waals surface area (Å²) in [5.41, 5.74) is 3.04. The molecule has 3 aromatic rings. The molecule has 3 rings (SSSR count). The summed E-state index contributed by atoms with van der Waals surface area (Å²) in [4.78, 5) is 4.39. The van der Waals surface area contributed by atoms with Gasteiger partial charge in [-0.1, -0.05) is 24.3 Å². The topological polar surface area (TPSA) is 52.0 Å². The van der Waals surface area contributed by atoms with Gasteiger partial charge in [-0.2, -0.15) is 5.10 Å². The van der Waals surface area contributed by atoms with Crippen LogP contribution < -0.4 is 10.1 Å². The average Bonchev–Trinajstić information content (AvgIpc) is 2.87. The van der Waals surface area contributed by atoms with Crippen LogP contribution in [0.2, 0.25) is 0 Å². The van der Waals surface area contributed by atoms with Crippen LogP contribution in [-0.4, -0.2) is 14.8 Å². The zero-order valence-electron chi connectivity index (χ0n) is 14.2. The van der Waals surface area contributed by atoms with Gasteiger partial charge in [0, 0.05) is 25.8 Å². The minimum absolute atomic E-state index is 0.149. The summed E-state index contributed by atoms with van der Waals surface area (Å²) in [7, 11) is 1.90. The maximum Gasteiger partial charge on any atom is 0.222 e. The molecule has 1 unspecified atom stereocenters. The molecule has 124 valence electrons. The second-order valence-electron chi connectivity index (χ2n) is 5.77. The number of aromatic nitrogens is 3. The van der Waals surface area contributed by atoms with E-state index in [0.717, 1.165) is 28.6 Å². The van der Waals surface area contributed by atoms with Gasteiger partial charge in [0.2, 0.25) is 5.88 Å². The SMILES string of the molecule is Cc1nn(C)c(Oc2ccccc2)c1CNC(C)c1ccccn1. The maximum absolute atomic E-state index is 6.04. The van der Waals surface area contributed by atoms with E-state index in [9.17, 15) is 0 Å². The number of pyridine rings is 1. The number of rotatable bonds is 6. The van der Waals surface area contributed by atoms with Gasteiger partial charge < -0.3 is 10.1 Å². The van der Waals surface area contributed by atoms with Gasteiger partial charge in [0.1, 0.15) is 5.75 Å². The van der Waals surface area contributed by atoms with Crippen molar-refractivity contribution in [2.45, 2.75) is 26.4 Å². The first-order valence-electron chi connectivity index (χ1n) is 8.05. The van der Waals surface area contributed by atoms with Crippen molar-refractivity contribution in [1.82, 2.24) is 20.1 Å². The fourth-order valence-corrected chi connectivity index (χ4v) is 2.60. The van der Waals surface area contributed by atoms with Gasteiger partial charge in [-0.3, -0.25) is 4.98 Å². The number of nitrogens with one attached hydrogen (secondary N) is 1. The van der Waals surface area contributed by atoms with Crippen LogP contribution in [0.5, 0.6) is 11.6 Å². The van der Waals surface area contributed by atoms with Gasteiger partial charge in [-0.25, -0.2) is 4.68 Å². The van der Waals surface area contributed by atoms with Gasteiger partial charge in [0.15, 0.2) is 0 Å². The monoisotopic (exact) mass is 322 g/mol. The summed E-state index contributed by atoms with van der Waals surface area (Å²) in [6.07, 6.45) is 1.81. The summed E-state index contributed by atoms with van der Waals surface area (Å²) in [6.45, 7) is 4.77. The first-order valence-corrected chi connectivity index (χ1v) is 8.05. The highest BCUT2D eigenvalue weighted by molar-refractivity contribution is 5.35. The predicted octanol–water partition coefficient (Wildman–Crippen LogP) is 3.77. The van der Waals surface area contributed by atoms with Crippen molar-refractivity contribution >= 4 is 0 Å². The Hall–Kier alpha value is -2.66. The van der Waals surface area contributed by atoms with Crippen LogP contribution in [0.15, 0.2) is 54.7 Å². The number of benzene rings is 1. The molecule has 0 aliphatic carbocycles. The van der Waals surface area contributed by atoms with Gasteiger partial charge in [-0.05, 0) is 38.1 Å². The normalized spacial score (nSPS) is 12.1.